The zero-order chi connectivity index (χ0) is 16.5. The maximum absolute atomic E-state index is 11.0. The predicted octanol–water partition coefficient (Wildman–Crippen LogP) is 4.80. The van der Waals surface area contributed by atoms with E-state index < -0.39 is 5.60 Å². The first kappa shape index (κ1) is 16.4. The highest BCUT2D eigenvalue weighted by atomic mass is 16.5. The lowest BCUT2D eigenvalue weighted by molar-refractivity contribution is -0.155. The number of hydrogen-bond donors (Lipinski definition) is 1. The van der Waals surface area contributed by atoms with Gasteiger partial charge in [0.2, 0.25) is 0 Å². The molecule has 4 aliphatic rings. The number of aliphatic hydroxyl groups is 1. The van der Waals surface area contributed by atoms with Crippen molar-refractivity contribution in [2.45, 2.75) is 90.3 Å². The van der Waals surface area contributed by atoms with Gasteiger partial charge in [-0.05, 0) is 99.2 Å². The van der Waals surface area contributed by atoms with Crippen LogP contribution in [0.15, 0.2) is 0 Å². The Labute approximate surface area is 142 Å². The van der Waals surface area contributed by atoms with Crippen LogP contribution >= 0.6 is 0 Å². The van der Waals surface area contributed by atoms with Crippen LogP contribution in [0.4, 0.5) is 0 Å². The molecule has 0 radical (unpaired) electrons. The molecule has 0 saturated heterocycles. The average Bonchev–Trinajstić information content (AvgIpc) is 2.77. The van der Waals surface area contributed by atoms with Crippen LogP contribution in [0.5, 0.6) is 0 Å². The van der Waals surface area contributed by atoms with Crippen molar-refractivity contribution in [3.63, 3.8) is 0 Å². The Balaban J connectivity index is 1.60. The summed E-state index contributed by atoms with van der Waals surface area (Å²) in [4.78, 5) is 0. The summed E-state index contributed by atoms with van der Waals surface area (Å²) in [5.74, 6) is 3.39. The highest BCUT2D eigenvalue weighted by Crippen LogP contribution is 2.68. The minimum atomic E-state index is -0.436. The molecular formula is C21H36O2. The topological polar surface area (TPSA) is 29.5 Å². The number of methoxy groups -OCH3 is 1. The molecule has 1 N–H and O–H groups in total. The van der Waals surface area contributed by atoms with Crippen molar-refractivity contribution >= 4 is 0 Å². The molecule has 0 bridgehead atoms. The van der Waals surface area contributed by atoms with Gasteiger partial charge in [-0.25, -0.2) is 0 Å². The van der Waals surface area contributed by atoms with Crippen LogP contribution in [0.3, 0.4) is 0 Å². The van der Waals surface area contributed by atoms with E-state index in [9.17, 15) is 5.11 Å². The third-order valence-electron chi connectivity index (χ3n) is 9.51. The lowest BCUT2D eigenvalue weighted by Crippen LogP contribution is -2.56. The molecule has 0 heterocycles. The van der Waals surface area contributed by atoms with E-state index in [4.69, 9.17) is 4.74 Å². The number of fused-ring (bicyclic) bond motifs is 5. The Morgan fingerprint density at radius 3 is 2.35 bits per heavy atom. The minimum absolute atomic E-state index is 0.168. The highest BCUT2D eigenvalue weighted by Gasteiger charge is 2.63. The Kier molecular flexibility index (Phi) is 3.71. The van der Waals surface area contributed by atoms with Gasteiger partial charge < -0.3 is 9.84 Å². The van der Waals surface area contributed by atoms with E-state index in [0.29, 0.717) is 11.5 Å². The predicted molar refractivity (Wildman–Crippen MR) is 93.1 cm³/mol. The van der Waals surface area contributed by atoms with Crippen molar-refractivity contribution in [3.8, 4) is 0 Å². The Morgan fingerprint density at radius 1 is 0.870 bits per heavy atom. The van der Waals surface area contributed by atoms with Gasteiger partial charge in [-0.1, -0.05) is 13.8 Å². The second-order valence-corrected chi connectivity index (χ2v) is 10.1. The molecule has 0 unspecified atom stereocenters. The SMILES string of the molecule is CO[C@H]1CC[C@@]2(C)[C@@H](CC[C@@H]3[C@@H]2CC[C@@]2(C)[C@H]3CC[C@@]2(C)O)C1. The van der Waals surface area contributed by atoms with Crippen molar-refractivity contribution in [3.05, 3.63) is 0 Å². The molecule has 2 nitrogen and oxygen atoms in total. The van der Waals surface area contributed by atoms with Gasteiger partial charge >= 0.3 is 0 Å². The highest BCUT2D eigenvalue weighted by molar-refractivity contribution is 5.12. The second-order valence-electron chi connectivity index (χ2n) is 10.1. The van der Waals surface area contributed by atoms with Gasteiger partial charge in [0.05, 0.1) is 11.7 Å². The number of hydrogen-bond acceptors (Lipinski definition) is 2. The first-order valence-corrected chi connectivity index (χ1v) is 10.1. The molecule has 4 fully saturated rings. The molecule has 0 aromatic carbocycles. The van der Waals surface area contributed by atoms with Crippen molar-refractivity contribution in [1.29, 1.82) is 0 Å². The molecule has 2 heteroatoms. The summed E-state index contributed by atoms with van der Waals surface area (Å²) < 4.78 is 5.70. The Morgan fingerprint density at radius 2 is 1.61 bits per heavy atom. The molecule has 0 amide bonds. The normalized spacial score (nSPS) is 59.1. The quantitative estimate of drug-likeness (QED) is 0.752. The molecule has 0 aromatic heterocycles. The smallest absolute Gasteiger partial charge is 0.0675 e. The number of rotatable bonds is 1. The van der Waals surface area contributed by atoms with Gasteiger partial charge in [-0.15, -0.1) is 0 Å². The largest absolute Gasteiger partial charge is 0.390 e. The van der Waals surface area contributed by atoms with Crippen LogP contribution in [-0.4, -0.2) is 23.9 Å². The van der Waals surface area contributed by atoms with Gasteiger partial charge in [-0.2, -0.15) is 0 Å². The average molecular weight is 321 g/mol. The molecule has 132 valence electrons. The van der Waals surface area contributed by atoms with Crippen LogP contribution < -0.4 is 0 Å². The maximum atomic E-state index is 11.0. The molecule has 0 spiro atoms. The monoisotopic (exact) mass is 320 g/mol. The van der Waals surface area contributed by atoms with E-state index in [1.54, 1.807) is 0 Å². The van der Waals surface area contributed by atoms with Crippen LogP contribution in [0.25, 0.3) is 0 Å². The lowest BCUT2D eigenvalue weighted by Gasteiger charge is -2.61. The lowest BCUT2D eigenvalue weighted by atomic mass is 9.44. The second kappa shape index (κ2) is 5.21. The van der Waals surface area contributed by atoms with E-state index in [1.807, 2.05) is 7.11 Å². The molecule has 4 aliphatic carbocycles. The third kappa shape index (κ3) is 2.13. The van der Waals surface area contributed by atoms with E-state index in [-0.39, 0.29) is 5.41 Å². The fraction of sp³-hybridized carbons (Fsp3) is 1.00. The summed E-state index contributed by atoms with van der Waals surface area (Å²) in [6.07, 6.45) is 12.1. The van der Waals surface area contributed by atoms with Gasteiger partial charge in [0.1, 0.15) is 0 Å². The number of ether oxygens (including phenoxy) is 1. The molecule has 4 saturated carbocycles. The van der Waals surface area contributed by atoms with Crippen LogP contribution in [-0.2, 0) is 4.74 Å². The summed E-state index contributed by atoms with van der Waals surface area (Å²) in [5, 5.41) is 11.0. The van der Waals surface area contributed by atoms with Crippen LogP contribution in [0.2, 0.25) is 0 Å². The first-order chi connectivity index (χ1) is 10.8. The molecule has 0 aromatic rings. The first-order valence-electron chi connectivity index (χ1n) is 10.1. The zero-order valence-corrected chi connectivity index (χ0v) is 15.6. The van der Waals surface area contributed by atoms with E-state index in [2.05, 4.69) is 20.8 Å². The summed E-state index contributed by atoms with van der Waals surface area (Å²) in [5.41, 5.74) is 0.267. The summed E-state index contributed by atoms with van der Waals surface area (Å²) in [6, 6.07) is 0. The standard InChI is InChI=1S/C21H36O2/c1-19-10-7-15(23-4)13-14(19)5-6-16-17(19)8-11-20(2)18(16)9-12-21(20,3)22/h14-18,22H,5-13H2,1-4H3/t14-,15-,16+,17-,18-,19-,20-,21+/m0/s1. The van der Waals surface area contributed by atoms with Crippen molar-refractivity contribution < 1.29 is 9.84 Å². The van der Waals surface area contributed by atoms with Gasteiger partial charge in [0.25, 0.3) is 0 Å². The van der Waals surface area contributed by atoms with Crippen LogP contribution in [0, 0.1) is 34.5 Å². The zero-order valence-electron chi connectivity index (χ0n) is 15.6. The van der Waals surface area contributed by atoms with Crippen molar-refractivity contribution in [1.82, 2.24) is 0 Å². The Hall–Kier alpha value is -0.0800. The molecule has 0 aliphatic heterocycles. The van der Waals surface area contributed by atoms with E-state index in [1.165, 1.54) is 51.4 Å². The summed E-state index contributed by atoms with van der Waals surface area (Å²) >= 11 is 0. The van der Waals surface area contributed by atoms with Gasteiger partial charge in [-0.3, -0.25) is 0 Å². The van der Waals surface area contributed by atoms with Gasteiger partial charge in [0, 0.05) is 7.11 Å². The minimum Gasteiger partial charge on any atom is -0.390 e. The summed E-state index contributed by atoms with van der Waals surface area (Å²) in [7, 11) is 1.89. The van der Waals surface area contributed by atoms with Crippen molar-refractivity contribution in [2.75, 3.05) is 7.11 Å². The van der Waals surface area contributed by atoms with Gasteiger partial charge in [0.15, 0.2) is 0 Å². The van der Waals surface area contributed by atoms with Crippen LogP contribution in [0.1, 0.15) is 78.6 Å². The Bertz CT molecular complexity index is 472. The van der Waals surface area contributed by atoms with E-state index in [0.717, 1.165) is 30.1 Å². The maximum Gasteiger partial charge on any atom is 0.0675 e. The molecule has 4 rings (SSSR count). The van der Waals surface area contributed by atoms with E-state index >= 15 is 0 Å². The summed E-state index contributed by atoms with van der Waals surface area (Å²) in [6.45, 7) is 7.12. The molecule has 8 atom stereocenters. The molecule has 23 heavy (non-hydrogen) atoms. The van der Waals surface area contributed by atoms with Crippen molar-refractivity contribution in [2.24, 2.45) is 34.5 Å². The third-order valence-corrected chi connectivity index (χ3v) is 9.51. The fourth-order valence-electron chi connectivity index (χ4n) is 7.68. The molecular weight excluding hydrogens is 284 g/mol. The fourth-order valence-corrected chi connectivity index (χ4v) is 7.68.